The van der Waals surface area contributed by atoms with Gasteiger partial charge in [0.25, 0.3) is 0 Å². The van der Waals surface area contributed by atoms with Crippen molar-refractivity contribution in [3.05, 3.63) is 65.2 Å². The zero-order valence-corrected chi connectivity index (χ0v) is 23.8. The van der Waals surface area contributed by atoms with Gasteiger partial charge in [-0.25, -0.2) is 13.8 Å². The highest BCUT2D eigenvalue weighted by molar-refractivity contribution is 5.96. The van der Waals surface area contributed by atoms with Crippen LogP contribution in [-0.4, -0.2) is 79.0 Å². The van der Waals surface area contributed by atoms with Crippen molar-refractivity contribution in [3.63, 3.8) is 0 Å². The Hall–Kier alpha value is -3.63. The van der Waals surface area contributed by atoms with Crippen LogP contribution in [0.3, 0.4) is 0 Å². The predicted molar refractivity (Wildman–Crippen MR) is 157 cm³/mol. The van der Waals surface area contributed by atoms with Crippen molar-refractivity contribution in [2.75, 3.05) is 56.5 Å². The Bertz CT molecular complexity index is 1400. The number of aromatic nitrogens is 1. The van der Waals surface area contributed by atoms with Crippen molar-refractivity contribution in [1.82, 2.24) is 20.1 Å². The van der Waals surface area contributed by atoms with E-state index < -0.39 is 11.6 Å². The fraction of sp³-hybridized carbons (Fsp3) is 0.452. The minimum absolute atomic E-state index is 0.0200. The highest BCUT2D eigenvalue weighted by Crippen LogP contribution is 2.26. The smallest absolute Gasteiger partial charge is 0.224 e. The number of carbonyl (C=O) groups is 2. The Labute approximate surface area is 239 Å². The van der Waals surface area contributed by atoms with Crippen LogP contribution in [0.5, 0.6) is 0 Å². The number of piperidine rings is 1. The van der Waals surface area contributed by atoms with Crippen LogP contribution in [0.2, 0.25) is 0 Å². The van der Waals surface area contributed by atoms with Crippen LogP contribution in [0, 0.1) is 18.6 Å². The van der Waals surface area contributed by atoms with E-state index in [0.29, 0.717) is 30.9 Å². The lowest BCUT2D eigenvalue weighted by molar-refractivity contribution is -0.125. The number of pyridine rings is 1. The van der Waals surface area contributed by atoms with Crippen LogP contribution in [0.15, 0.2) is 42.5 Å². The summed E-state index contributed by atoms with van der Waals surface area (Å²) in [5, 5.41) is 6.93. The number of aryl methyl sites for hydroxylation is 1. The molecule has 0 aliphatic carbocycles. The van der Waals surface area contributed by atoms with E-state index in [1.165, 1.54) is 12.1 Å². The Morgan fingerprint density at radius 1 is 0.927 bits per heavy atom. The second-order valence-corrected chi connectivity index (χ2v) is 11.2. The molecule has 0 bridgehead atoms. The second-order valence-electron chi connectivity index (χ2n) is 11.2. The molecule has 2 aliphatic rings. The number of rotatable bonds is 8. The summed E-state index contributed by atoms with van der Waals surface area (Å²) in [4.78, 5) is 36.7. The van der Waals surface area contributed by atoms with E-state index in [2.05, 4.69) is 45.4 Å². The number of amides is 2. The highest BCUT2D eigenvalue weighted by atomic mass is 19.1. The van der Waals surface area contributed by atoms with Gasteiger partial charge in [-0.2, -0.15) is 0 Å². The number of hydrogen-bond acceptors (Lipinski definition) is 6. The maximum atomic E-state index is 14.0. The third kappa shape index (κ3) is 7.56. The molecular formula is C31H38F2N6O2. The largest absolute Gasteiger partial charge is 0.354 e. The molecule has 2 aromatic carbocycles. The minimum Gasteiger partial charge on any atom is -0.354 e. The number of fused-ring (bicyclic) bond motifs is 1. The first kappa shape index (κ1) is 28.9. The van der Waals surface area contributed by atoms with Crippen molar-refractivity contribution in [2.24, 2.45) is 0 Å². The van der Waals surface area contributed by atoms with Crippen LogP contribution < -0.4 is 15.5 Å². The lowest BCUT2D eigenvalue weighted by atomic mass is 10.0. The molecule has 8 nitrogen and oxygen atoms in total. The Morgan fingerprint density at radius 2 is 1.66 bits per heavy atom. The van der Waals surface area contributed by atoms with E-state index in [9.17, 15) is 18.4 Å². The number of halogens is 2. The molecule has 3 aromatic rings. The molecule has 2 aliphatic heterocycles. The Balaban J connectivity index is 1.06. The van der Waals surface area contributed by atoms with Gasteiger partial charge in [0, 0.05) is 87.4 Å². The molecule has 0 atom stereocenters. The fourth-order valence-electron chi connectivity index (χ4n) is 5.53. The maximum absolute atomic E-state index is 14.0. The number of likely N-dealkylation sites (N-methyl/N-ethyl adjacent to an activating group) is 1. The van der Waals surface area contributed by atoms with Gasteiger partial charge in [-0.3, -0.25) is 14.5 Å². The number of anilines is 2. The number of carbonyl (C=O) groups excluding carboxylic acids is 2. The van der Waals surface area contributed by atoms with E-state index >= 15 is 0 Å². The van der Waals surface area contributed by atoms with Gasteiger partial charge >= 0.3 is 0 Å². The minimum atomic E-state index is -0.582. The molecule has 3 heterocycles. The topological polar surface area (TPSA) is 80.8 Å². The molecule has 0 saturated carbocycles. The third-order valence-electron chi connectivity index (χ3n) is 8.05. The summed E-state index contributed by atoms with van der Waals surface area (Å²) in [6, 6.07) is 11.5. The molecule has 10 heteroatoms. The molecular weight excluding hydrogens is 526 g/mol. The average molecular weight is 565 g/mol. The SMILES string of the molecule is Cc1cc(N2CCN(C)CC2)nc2ccc(NC(=O)CCC(=O)NC3CCN(Cc4ccc(F)cc4F)CC3)cc12. The summed E-state index contributed by atoms with van der Waals surface area (Å²) in [6.07, 6.45) is 1.67. The molecule has 2 saturated heterocycles. The Kier molecular flexibility index (Phi) is 9.09. The Morgan fingerprint density at radius 3 is 2.39 bits per heavy atom. The first-order chi connectivity index (χ1) is 19.7. The van der Waals surface area contributed by atoms with Gasteiger partial charge in [0.1, 0.15) is 17.5 Å². The summed E-state index contributed by atoms with van der Waals surface area (Å²) in [5.74, 6) is -0.502. The number of benzene rings is 2. The monoisotopic (exact) mass is 564 g/mol. The fourth-order valence-corrected chi connectivity index (χ4v) is 5.53. The van der Waals surface area contributed by atoms with Crippen molar-refractivity contribution in [1.29, 1.82) is 0 Å². The first-order valence-electron chi connectivity index (χ1n) is 14.3. The number of likely N-dealkylation sites (tertiary alicyclic amines) is 1. The molecule has 5 rings (SSSR count). The van der Waals surface area contributed by atoms with Crippen LogP contribution in [0.4, 0.5) is 20.3 Å². The summed E-state index contributed by atoms with van der Waals surface area (Å²) in [5.41, 5.74) is 3.15. The lowest BCUT2D eigenvalue weighted by Gasteiger charge is -2.33. The molecule has 1 aromatic heterocycles. The van der Waals surface area contributed by atoms with E-state index in [4.69, 9.17) is 4.98 Å². The quantitative estimate of drug-likeness (QED) is 0.430. The predicted octanol–water partition coefficient (Wildman–Crippen LogP) is 4.07. The molecule has 0 unspecified atom stereocenters. The van der Waals surface area contributed by atoms with Gasteiger partial charge in [-0.1, -0.05) is 6.07 Å². The standard InChI is InChI=1S/C31H38F2N6O2/c1-21-17-29(39-15-13-37(2)14-16-39)36-28-6-5-25(19-26(21)28)35-31(41)8-7-30(40)34-24-9-11-38(12-10-24)20-22-3-4-23(32)18-27(22)33/h3-6,17-19,24H,7-16,20H2,1-2H3,(H,34,40)(H,35,41). The summed E-state index contributed by atoms with van der Waals surface area (Å²) >= 11 is 0. The highest BCUT2D eigenvalue weighted by Gasteiger charge is 2.22. The van der Waals surface area contributed by atoms with Crippen molar-refractivity contribution >= 4 is 34.2 Å². The molecule has 2 N–H and O–H groups in total. The van der Waals surface area contributed by atoms with E-state index in [1.54, 1.807) is 0 Å². The van der Waals surface area contributed by atoms with Crippen LogP contribution in [0.1, 0.15) is 36.8 Å². The number of piperazine rings is 1. The number of nitrogens with zero attached hydrogens (tertiary/aromatic N) is 4. The van der Waals surface area contributed by atoms with Gasteiger partial charge in [0.2, 0.25) is 11.8 Å². The van der Waals surface area contributed by atoms with Crippen molar-refractivity contribution in [2.45, 2.75) is 45.2 Å². The van der Waals surface area contributed by atoms with Gasteiger partial charge in [-0.15, -0.1) is 0 Å². The summed E-state index contributed by atoms with van der Waals surface area (Å²) in [6.45, 7) is 7.82. The molecule has 0 radical (unpaired) electrons. The van der Waals surface area contributed by atoms with Crippen molar-refractivity contribution in [3.8, 4) is 0 Å². The molecule has 0 spiro atoms. The maximum Gasteiger partial charge on any atom is 0.224 e. The van der Waals surface area contributed by atoms with Crippen LogP contribution in [-0.2, 0) is 16.1 Å². The van der Waals surface area contributed by atoms with Gasteiger partial charge in [0.05, 0.1) is 5.52 Å². The van der Waals surface area contributed by atoms with E-state index in [0.717, 1.165) is 67.4 Å². The van der Waals surface area contributed by atoms with Crippen molar-refractivity contribution < 1.29 is 18.4 Å². The first-order valence-corrected chi connectivity index (χ1v) is 14.3. The summed E-state index contributed by atoms with van der Waals surface area (Å²) in [7, 11) is 2.13. The third-order valence-corrected chi connectivity index (χ3v) is 8.05. The molecule has 2 fully saturated rings. The summed E-state index contributed by atoms with van der Waals surface area (Å²) < 4.78 is 27.1. The van der Waals surface area contributed by atoms with Crippen LogP contribution in [0.25, 0.3) is 10.9 Å². The van der Waals surface area contributed by atoms with E-state index in [-0.39, 0.29) is 30.7 Å². The zero-order chi connectivity index (χ0) is 28.9. The molecule has 218 valence electrons. The average Bonchev–Trinajstić information content (AvgIpc) is 2.95. The second kappa shape index (κ2) is 12.9. The van der Waals surface area contributed by atoms with Gasteiger partial charge in [0.15, 0.2) is 0 Å². The number of hydrogen-bond donors (Lipinski definition) is 2. The van der Waals surface area contributed by atoms with Crippen LogP contribution >= 0.6 is 0 Å². The number of nitrogens with one attached hydrogen (secondary N) is 2. The van der Waals surface area contributed by atoms with Gasteiger partial charge < -0.3 is 20.4 Å². The van der Waals surface area contributed by atoms with Gasteiger partial charge in [-0.05, 0) is 62.7 Å². The zero-order valence-electron chi connectivity index (χ0n) is 23.8. The molecule has 41 heavy (non-hydrogen) atoms. The normalized spacial score (nSPS) is 17.1. The van der Waals surface area contributed by atoms with E-state index in [1.807, 2.05) is 18.2 Å². The lowest BCUT2D eigenvalue weighted by Crippen LogP contribution is -2.44. The molecule has 2 amide bonds.